The van der Waals surface area contributed by atoms with E-state index in [2.05, 4.69) is 10.4 Å². The molecule has 5 nitrogen and oxygen atoms in total. The molecule has 0 unspecified atom stereocenters. The van der Waals surface area contributed by atoms with Gasteiger partial charge in [0.25, 0.3) is 0 Å². The van der Waals surface area contributed by atoms with E-state index in [9.17, 15) is 9.90 Å². The fourth-order valence-corrected chi connectivity index (χ4v) is 1.21. The lowest BCUT2D eigenvalue weighted by Crippen LogP contribution is -2.38. The minimum absolute atomic E-state index is 0.0998. The van der Waals surface area contributed by atoms with Gasteiger partial charge in [-0.15, -0.1) is 0 Å². The van der Waals surface area contributed by atoms with Crippen LogP contribution < -0.4 is 5.32 Å². The summed E-state index contributed by atoms with van der Waals surface area (Å²) in [5.41, 5.74) is 0.199. The van der Waals surface area contributed by atoms with E-state index in [-0.39, 0.29) is 12.5 Å². The SMILES string of the molecule is Cn1ccc([C@H](CO)NC(=O)C(C)(C)C)n1. The first-order valence-electron chi connectivity index (χ1n) is 5.26. The smallest absolute Gasteiger partial charge is 0.225 e. The van der Waals surface area contributed by atoms with Gasteiger partial charge in [0.15, 0.2) is 0 Å². The number of aliphatic hydroxyl groups is 1. The zero-order chi connectivity index (χ0) is 12.3. The third-order valence-electron chi connectivity index (χ3n) is 2.26. The third kappa shape index (κ3) is 3.06. The Morgan fingerprint density at radius 2 is 2.25 bits per heavy atom. The van der Waals surface area contributed by atoms with Crippen molar-refractivity contribution in [2.75, 3.05) is 6.61 Å². The molecule has 1 heterocycles. The van der Waals surface area contributed by atoms with Crippen molar-refractivity contribution < 1.29 is 9.90 Å². The van der Waals surface area contributed by atoms with Gasteiger partial charge in [0.2, 0.25) is 5.91 Å². The number of nitrogens with zero attached hydrogens (tertiary/aromatic N) is 2. The first-order chi connectivity index (χ1) is 7.34. The van der Waals surface area contributed by atoms with Crippen LogP contribution >= 0.6 is 0 Å². The average Bonchev–Trinajstić information content (AvgIpc) is 2.59. The van der Waals surface area contributed by atoms with Crippen molar-refractivity contribution in [3.8, 4) is 0 Å². The normalized spacial score (nSPS) is 13.6. The van der Waals surface area contributed by atoms with E-state index in [1.165, 1.54) is 0 Å². The molecule has 0 bridgehead atoms. The molecule has 16 heavy (non-hydrogen) atoms. The van der Waals surface area contributed by atoms with Gasteiger partial charge in [0.05, 0.1) is 18.3 Å². The Balaban J connectivity index is 2.74. The standard InChI is InChI=1S/C11H19N3O2/c1-11(2,3)10(16)12-9(7-15)8-5-6-14(4)13-8/h5-6,9,15H,7H2,1-4H3,(H,12,16)/t9-/m0/s1. The van der Waals surface area contributed by atoms with Gasteiger partial charge < -0.3 is 10.4 Å². The molecule has 2 N–H and O–H groups in total. The summed E-state index contributed by atoms with van der Waals surface area (Å²) < 4.78 is 1.64. The second kappa shape index (κ2) is 4.65. The van der Waals surface area contributed by atoms with Crippen LogP contribution in [0.4, 0.5) is 0 Å². The van der Waals surface area contributed by atoms with Crippen molar-refractivity contribution >= 4 is 5.91 Å². The highest BCUT2D eigenvalue weighted by Crippen LogP contribution is 2.16. The Labute approximate surface area is 95.5 Å². The molecule has 0 aromatic carbocycles. The number of carbonyl (C=O) groups is 1. The molecule has 1 amide bonds. The number of amides is 1. The highest BCUT2D eigenvalue weighted by atomic mass is 16.3. The van der Waals surface area contributed by atoms with Crippen LogP contribution in [-0.4, -0.2) is 27.4 Å². The predicted molar refractivity (Wildman–Crippen MR) is 60.6 cm³/mol. The molecule has 0 aliphatic carbocycles. The van der Waals surface area contributed by atoms with Gasteiger partial charge in [0.1, 0.15) is 0 Å². The van der Waals surface area contributed by atoms with E-state index in [1.807, 2.05) is 20.8 Å². The summed E-state index contributed by atoms with van der Waals surface area (Å²) in [7, 11) is 1.80. The lowest BCUT2D eigenvalue weighted by molar-refractivity contribution is -0.129. The molecule has 1 aromatic rings. The van der Waals surface area contributed by atoms with E-state index in [0.717, 1.165) is 0 Å². The number of carbonyl (C=O) groups excluding carboxylic acids is 1. The van der Waals surface area contributed by atoms with E-state index in [1.54, 1.807) is 24.0 Å². The summed E-state index contributed by atoms with van der Waals surface area (Å²) in [6.45, 7) is 5.33. The Hall–Kier alpha value is -1.36. The molecule has 0 aliphatic rings. The van der Waals surface area contributed by atoms with Crippen molar-refractivity contribution in [3.05, 3.63) is 18.0 Å². The summed E-state index contributed by atoms with van der Waals surface area (Å²) in [5.74, 6) is -0.0998. The summed E-state index contributed by atoms with van der Waals surface area (Å²) in [4.78, 5) is 11.8. The van der Waals surface area contributed by atoms with Gasteiger partial charge in [0, 0.05) is 18.7 Å². The molecular weight excluding hydrogens is 206 g/mol. The molecule has 1 aromatic heterocycles. The largest absolute Gasteiger partial charge is 0.394 e. The maximum atomic E-state index is 11.8. The molecule has 1 rings (SSSR count). The minimum atomic E-state index is -0.470. The zero-order valence-electron chi connectivity index (χ0n) is 10.2. The Morgan fingerprint density at radius 1 is 1.62 bits per heavy atom. The van der Waals surface area contributed by atoms with Gasteiger partial charge in [-0.3, -0.25) is 9.48 Å². The quantitative estimate of drug-likeness (QED) is 0.792. The number of aromatic nitrogens is 2. The molecule has 0 spiro atoms. The fourth-order valence-electron chi connectivity index (χ4n) is 1.21. The van der Waals surface area contributed by atoms with Crippen LogP contribution in [0.15, 0.2) is 12.3 Å². The van der Waals surface area contributed by atoms with Crippen LogP contribution in [0.2, 0.25) is 0 Å². The van der Waals surface area contributed by atoms with E-state index in [4.69, 9.17) is 0 Å². The van der Waals surface area contributed by atoms with Crippen LogP contribution in [0.1, 0.15) is 32.5 Å². The fraction of sp³-hybridized carbons (Fsp3) is 0.636. The number of aryl methyl sites for hydroxylation is 1. The van der Waals surface area contributed by atoms with Crippen LogP contribution in [0.25, 0.3) is 0 Å². The number of aliphatic hydroxyl groups excluding tert-OH is 1. The molecule has 0 aliphatic heterocycles. The van der Waals surface area contributed by atoms with Crippen molar-refractivity contribution in [3.63, 3.8) is 0 Å². The van der Waals surface area contributed by atoms with Crippen molar-refractivity contribution in [2.45, 2.75) is 26.8 Å². The lowest BCUT2D eigenvalue weighted by Gasteiger charge is -2.21. The minimum Gasteiger partial charge on any atom is -0.394 e. The molecular formula is C11H19N3O2. The average molecular weight is 225 g/mol. The number of nitrogens with one attached hydrogen (secondary N) is 1. The Morgan fingerprint density at radius 3 is 2.62 bits per heavy atom. The predicted octanol–water partition coefficient (Wildman–Crippen LogP) is 0.616. The first-order valence-corrected chi connectivity index (χ1v) is 5.26. The van der Waals surface area contributed by atoms with Gasteiger partial charge in [-0.05, 0) is 6.07 Å². The molecule has 1 atom stereocenters. The van der Waals surface area contributed by atoms with Gasteiger partial charge in [-0.1, -0.05) is 20.8 Å². The van der Waals surface area contributed by atoms with Crippen molar-refractivity contribution in [1.29, 1.82) is 0 Å². The van der Waals surface area contributed by atoms with Gasteiger partial charge >= 0.3 is 0 Å². The highest BCUT2D eigenvalue weighted by molar-refractivity contribution is 5.81. The van der Waals surface area contributed by atoms with Gasteiger partial charge in [-0.25, -0.2) is 0 Å². The van der Waals surface area contributed by atoms with Crippen LogP contribution in [0, 0.1) is 5.41 Å². The summed E-state index contributed by atoms with van der Waals surface area (Å²) in [6, 6.07) is 1.34. The maximum Gasteiger partial charge on any atom is 0.225 e. The molecule has 90 valence electrons. The first kappa shape index (κ1) is 12.7. The van der Waals surface area contributed by atoms with E-state index >= 15 is 0 Å². The maximum absolute atomic E-state index is 11.8. The monoisotopic (exact) mass is 225 g/mol. The van der Waals surface area contributed by atoms with Crippen LogP contribution in [0.3, 0.4) is 0 Å². The van der Waals surface area contributed by atoms with Crippen molar-refractivity contribution in [1.82, 2.24) is 15.1 Å². The number of hydrogen-bond acceptors (Lipinski definition) is 3. The Bertz CT molecular complexity index is 366. The summed E-state index contributed by atoms with van der Waals surface area (Å²) >= 11 is 0. The summed E-state index contributed by atoms with van der Waals surface area (Å²) in [6.07, 6.45) is 1.78. The second-order valence-corrected chi connectivity index (χ2v) is 4.87. The van der Waals surface area contributed by atoms with Crippen LogP contribution in [0.5, 0.6) is 0 Å². The summed E-state index contributed by atoms with van der Waals surface area (Å²) in [5, 5.41) is 16.2. The zero-order valence-corrected chi connectivity index (χ0v) is 10.2. The molecule has 0 saturated heterocycles. The highest BCUT2D eigenvalue weighted by Gasteiger charge is 2.25. The molecule has 0 saturated carbocycles. The lowest BCUT2D eigenvalue weighted by atomic mass is 9.95. The molecule has 0 fully saturated rings. The van der Waals surface area contributed by atoms with Gasteiger partial charge in [-0.2, -0.15) is 5.10 Å². The number of rotatable bonds is 3. The topological polar surface area (TPSA) is 67.2 Å². The van der Waals surface area contributed by atoms with Crippen molar-refractivity contribution in [2.24, 2.45) is 12.5 Å². The van der Waals surface area contributed by atoms with Crippen LogP contribution in [-0.2, 0) is 11.8 Å². The Kier molecular flexibility index (Phi) is 3.70. The number of hydrogen-bond donors (Lipinski definition) is 2. The van der Waals surface area contributed by atoms with E-state index < -0.39 is 11.5 Å². The van der Waals surface area contributed by atoms with E-state index in [0.29, 0.717) is 5.69 Å². The second-order valence-electron chi connectivity index (χ2n) is 4.87. The molecule has 5 heteroatoms. The molecule has 0 radical (unpaired) electrons. The third-order valence-corrected chi connectivity index (χ3v) is 2.26.